The van der Waals surface area contributed by atoms with Crippen molar-refractivity contribution in [3.8, 4) is 0 Å². The van der Waals surface area contributed by atoms with E-state index < -0.39 is 0 Å². The van der Waals surface area contributed by atoms with Gasteiger partial charge in [0.25, 0.3) is 0 Å². The second-order valence-corrected chi connectivity index (χ2v) is 5.11. The van der Waals surface area contributed by atoms with Gasteiger partial charge in [0.05, 0.1) is 0 Å². The lowest BCUT2D eigenvalue weighted by Crippen LogP contribution is -2.36. The lowest BCUT2D eigenvalue weighted by atomic mass is 10.1. The fraction of sp³-hybridized carbons (Fsp3) is 1.00. The second kappa shape index (κ2) is 10.1. The molecular formula is C13H29NO2. The van der Waals surface area contributed by atoms with E-state index in [1.807, 2.05) is 0 Å². The molecule has 0 aliphatic rings. The molecule has 0 saturated carbocycles. The summed E-state index contributed by atoms with van der Waals surface area (Å²) >= 11 is 0. The Morgan fingerprint density at radius 2 is 1.44 bits per heavy atom. The topological polar surface area (TPSA) is 30.5 Å². The molecule has 0 spiro atoms. The quantitative estimate of drug-likeness (QED) is 0.586. The summed E-state index contributed by atoms with van der Waals surface area (Å²) in [6.07, 6.45) is 3.18. The Kier molecular flexibility index (Phi) is 9.99. The molecule has 3 heteroatoms. The fourth-order valence-electron chi connectivity index (χ4n) is 1.25. The smallest absolute Gasteiger partial charge is 0.0487 e. The summed E-state index contributed by atoms with van der Waals surface area (Å²) in [6, 6.07) is 0. The zero-order chi connectivity index (χ0) is 12.3. The third-order valence-electron chi connectivity index (χ3n) is 2.05. The molecule has 0 aliphatic carbocycles. The van der Waals surface area contributed by atoms with Gasteiger partial charge in [-0.3, -0.25) is 0 Å². The normalized spacial score (nSPS) is 12.0. The molecule has 0 aromatic carbocycles. The van der Waals surface area contributed by atoms with E-state index in [-0.39, 0.29) is 5.54 Å². The highest BCUT2D eigenvalue weighted by Crippen LogP contribution is 1.98. The maximum absolute atomic E-state index is 5.51. The van der Waals surface area contributed by atoms with Crippen LogP contribution in [0.25, 0.3) is 0 Å². The summed E-state index contributed by atoms with van der Waals surface area (Å²) in [6.45, 7) is 13.0. The molecule has 0 amide bonds. The van der Waals surface area contributed by atoms with Crippen molar-refractivity contribution in [1.82, 2.24) is 5.32 Å². The molecule has 98 valence electrons. The summed E-state index contributed by atoms with van der Waals surface area (Å²) in [7, 11) is 0. The molecule has 0 fully saturated rings. The molecule has 0 aromatic rings. The first-order valence-corrected chi connectivity index (χ1v) is 6.47. The monoisotopic (exact) mass is 231 g/mol. The first-order chi connectivity index (χ1) is 7.56. The van der Waals surface area contributed by atoms with Crippen molar-refractivity contribution < 1.29 is 9.47 Å². The van der Waals surface area contributed by atoms with Crippen LogP contribution in [0, 0.1) is 0 Å². The standard InChI is InChI=1S/C13H29NO2/c1-5-9-15-11-7-12-16-10-6-8-14-13(2,3)4/h14H,5-12H2,1-4H3. The predicted molar refractivity (Wildman–Crippen MR) is 68.9 cm³/mol. The van der Waals surface area contributed by atoms with Crippen LogP contribution in [0.5, 0.6) is 0 Å². The van der Waals surface area contributed by atoms with Gasteiger partial charge in [0.15, 0.2) is 0 Å². The van der Waals surface area contributed by atoms with Crippen molar-refractivity contribution in [2.75, 3.05) is 33.0 Å². The minimum atomic E-state index is 0.216. The minimum absolute atomic E-state index is 0.216. The van der Waals surface area contributed by atoms with E-state index in [9.17, 15) is 0 Å². The number of nitrogens with one attached hydrogen (secondary N) is 1. The van der Waals surface area contributed by atoms with Crippen LogP contribution < -0.4 is 5.32 Å². The highest BCUT2D eigenvalue weighted by molar-refractivity contribution is 4.69. The van der Waals surface area contributed by atoms with E-state index in [1.165, 1.54) is 0 Å². The summed E-state index contributed by atoms with van der Waals surface area (Å²) in [5, 5.41) is 3.44. The van der Waals surface area contributed by atoms with Gasteiger partial charge in [-0.2, -0.15) is 0 Å². The molecule has 3 nitrogen and oxygen atoms in total. The summed E-state index contributed by atoms with van der Waals surface area (Å²) in [5.41, 5.74) is 0.216. The molecule has 0 unspecified atom stereocenters. The molecule has 0 aromatic heterocycles. The lowest BCUT2D eigenvalue weighted by Gasteiger charge is -2.20. The first kappa shape index (κ1) is 15.9. The third-order valence-corrected chi connectivity index (χ3v) is 2.05. The van der Waals surface area contributed by atoms with E-state index in [0.29, 0.717) is 0 Å². The Hall–Kier alpha value is -0.120. The average Bonchev–Trinajstić information content (AvgIpc) is 2.19. The Bertz CT molecular complexity index is 143. The van der Waals surface area contributed by atoms with Crippen LogP contribution in [0.1, 0.15) is 47.0 Å². The van der Waals surface area contributed by atoms with Gasteiger partial charge in [-0.25, -0.2) is 0 Å². The van der Waals surface area contributed by atoms with Gasteiger partial charge in [0.2, 0.25) is 0 Å². The van der Waals surface area contributed by atoms with Crippen LogP contribution in [0.4, 0.5) is 0 Å². The van der Waals surface area contributed by atoms with Gasteiger partial charge in [-0.1, -0.05) is 6.92 Å². The molecule has 0 rings (SSSR count). The molecule has 0 aliphatic heterocycles. The fourth-order valence-corrected chi connectivity index (χ4v) is 1.25. The SMILES string of the molecule is CCCOCCCOCCCNC(C)(C)C. The third kappa shape index (κ3) is 13.9. The zero-order valence-electron chi connectivity index (χ0n) is 11.5. The van der Waals surface area contributed by atoms with Crippen molar-refractivity contribution in [3.63, 3.8) is 0 Å². The Morgan fingerprint density at radius 1 is 0.875 bits per heavy atom. The van der Waals surface area contributed by atoms with Gasteiger partial charge in [-0.05, 0) is 46.6 Å². The molecule has 0 radical (unpaired) electrons. The summed E-state index contributed by atoms with van der Waals surface area (Å²) < 4.78 is 10.9. The molecular weight excluding hydrogens is 202 g/mol. The van der Waals surface area contributed by atoms with Gasteiger partial charge in [-0.15, -0.1) is 0 Å². The van der Waals surface area contributed by atoms with Crippen molar-refractivity contribution in [2.24, 2.45) is 0 Å². The van der Waals surface area contributed by atoms with E-state index in [4.69, 9.17) is 9.47 Å². The molecule has 0 heterocycles. The van der Waals surface area contributed by atoms with Crippen molar-refractivity contribution in [1.29, 1.82) is 0 Å². The van der Waals surface area contributed by atoms with E-state index >= 15 is 0 Å². The Balaban J connectivity index is 2.99. The Morgan fingerprint density at radius 3 is 2.00 bits per heavy atom. The maximum atomic E-state index is 5.51. The number of hydrogen-bond acceptors (Lipinski definition) is 3. The molecule has 16 heavy (non-hydrogen) atoms. The van der Waals surface area contributed by atoms with Crippen LogP contribution in [-0.2, 0) is 9.47 Å². The molecule has 0 bridgehead atoms. The van der Waals surface area contributed by atoms with Crippen LogP contribution in [0.3, 0.4) is 0 Å². The van der Waals surface area contributed by atoms with Crippen molar-refractivity contribution in [2.45, 2.75) is 52.5 Å². The Labute approximate surface area is 101 Å². The number of ether oxygens (including phenoxy) is 2. The van der Waals surface area contributed by atoms with Crippen LogP contribution in [0.15, 0.2) is 0 Å². The minimum Gasteiger partial charge on any atom is -0.381 e. The van der Waals surface area contributed by atoms with Gasteiger partial charge in [0, 0.05) is 32.0 Å². The lowest BCUT2D eigenvalue weighted by molar-refractivity contribution is 0.0816. The zero-order valence-corrected chi connectivity index (χ0v) is 11.5. The van der Waals surface area contributed by atoms with Crippen molar-refractivity contribution >= 4 is 0 Å². The van der Waals surface area contributed by atoms with Crippen LogP contribution in [0.2, 0.25) is 0 Å². The van der Waals surface area contributed by atoms with Gasteiger partial charge in [0.1, 0.15) is 0 Å². The van der Waals surface area contributed by atoms with Gasteiger partial charge >= 0.3 is 0 Å². The number of hydrogen-bond donors (Lipinski definition) is 1. The summed E-state index contributed by atoms with van der Waals surface area (Å²) in [4.78, 5) is 0. The first-order valence-electron chi connectivity index (χ1n) is 6.47. The van der Waals surface area contributed by atoms with E-state index in [0.717, 1.165) is 52.2 Å². The van der Waals surface area contributed by atoms with Crippen LogP contribution >= 0.6 is 0 Å². The molecule has 1 N–H and O–H groups in total. The largest absolute Gasteiger partial charge is 0.381 e. The van der Waals surface area contributed by atoms with Crippen molar-refractivity contribution in [3.05, 3.63) is 0 Å². The summed E-state index contributed by atoms with van der Waals surface area (Å²) in [5.74, 6) is 0. The number of rotatable bonds is 10. The van der Waals surface area contributed by atoms with Gasteiger partial charge < -0.3 is 14.8 Å². The van der Waals surface area contributed by atoms with Crippen LogP contribution in [-0.4, -0.2) is 38.5 Å². The highest BCUT2D eigenvalue weighted by atomic mass is 16.5. The maximum Gasteiger partial charge on any atom is 0.0487 e. The highest BCUT2D eigenvalue weighted by Gasteiger charge is 2.06. The average molecular weight is 231 g/mol. The van der Waals surface area contributed by atoms with E-state index in [1.54, 1.807) is 0 Å². The second-order valence-electron chi connectivity index (χ2n) is 5.11. The predicted octanol–water partition coefficient (Wildman–Crippen LogP) is 2.60. The molecule has 0 saturated heterocycles. The molecule has 0 atom stereocenters. The van der Waals surface area contributed by atoms with E-state index in [2.05, 4.69) is 33.0 Å².